The molecule has 0 radical (unpaired) electrons. The Labute approximate surface area is 130 Å². The Morgan fingerprint density at radius 1 is 1.18 bits per heavy atom. The second-order valence-electron chi connectivity index (χ2n) is 5.26. The lowest BCUT2D eigenvalue weighted by Gasteiger charge is -2.26. The first-order valence-corrected chi connectivity index (χ1v) is 7.75. The molecule has 122 valence electrons. The van der Waals surface area contributed by atoms with Gasteiger partial charge in [-0.25, -0.2) is 0 Å². The van der Waals surface area contributed by atoms with Crippen LogP contribution in [0.3, 0.4) is 0 Å². The summed E-state index contributed by atoms with van der Waals surface area (Å²) in [5.74, 6) is 0. The third kappa shape index (κ3) is 5.59. The molecule has 0 bridgehead atoms. The van der Waals surface area contributed by atoms with E-state index in [1.165, 1.54) is 6.07 Å². The Morgan fingerprint density at radius 2 is 1.95 bits per heavy atom. The van der Waals surface area contributed by atoms with Crippen LogP contribution < -0.4 is 10.6 Å². The highest BCUT2D eigenvalue weighted by atomic mass is 16.6. The summed E-state index contributed by atoms with van der Waals surface area (Å²) >= 11 is 0. The summed E-state index contributed by atoms with van der Waals surface area (Å²) in [6.45, 7) is 7.24. The molecule has 1 aliphatic heterocycles. The average molecular weight is 308 g/mol. The first-order chi connectivity index (χ1) is 10.8. The minimum atomic E-state index is -0.363. The maximum Gasteiger partial charge on any atom is 0.292 e. The molecule has 1 aromatic rings. The topological polar surface area (TPSA) is 79.7 Å². The van der Waals surface area contributed by atoms with E-state index < -0.39 is 0 Å². The average Bonchev–Trinajstić information content (AvgIpc) is 2.55. The van der Waals surface area contributed by atoms with E-state index in [0.717, 1.165) is 52.4 Å². The lowest BCUT2D eigenvalue weighted by atomic mass is 10.2. The summed E-state index contributed by atoms with van der Waals surface area (Å²) in [6.07, 6.45) is 1.10. The highest BCUT2D eigenvalue weighted by Crippen LogP contribution is 2.22. The Balaban J connectivity index is 1.55. The normalized spacial score (nSPS) is 15.6. The molecule has 0 saturated carbocycles. The molecule has 0 amide bonds. The molecule has 0 aromatic heterocycles. The summed E-state index contributed by atoms with van der Waals surface area (Å²) in [4.78, 5) is 12.9. The number of anilines is 1. The molecule has 22 heavy (non-hydrogen) atoms. The maximum absolute atomic E-state index is 10.9. The van der Waals surface area contributed by atoms with Gasteiger partial charge in [-0.2, -0.15) is 0 Å². The van der Waals surface area contributed by atoms with Gasteiger partial charge in [0.15, 0.2) is 0 Å². The highest BCUT2D eigenvalue weighted by molar-refractivity contribution is 5.60. The number of nitro benzene ring substituents is 1. The number of nitro groups is 1. The third-order valence-corrected chi connectivity index (χ3v) is 3.65. The van der Waals surface area contributed by atoms with Crippen molar-refractivity contribution in [3.8, 4) is 0 Å². The van der Waals surface area contributed by atoms with Gasteiger partial charge in [-0.1, -0.05) is 12.1 Å². The molecular weight excluding hydrogens is 284 g/mol. The van der Waals surface area contributed by atoms with E-state index in [0.29, 0.717) is 12.2 Å². The van der Waals surface area contributed by atoms with Crippen LogP contribution in [0.4, 0.5) is 11.4 Å². The molecule has 0 unspecified atom stereocenters. The number of nitrogens with zero attached hydrogens (tertiary/aromatic N) is 2. The van der Waals surface area contributed by atoms with Gasteiger partial charge < -0.3 is 15.4 Å². The largest absolute Gasteiger partial charge is 0.379 e. The molecule has 0 atom stereocenters. The Bertz CT molecular complexity index is 464. The van der Waals surface area contributed by atoms with Crippen molar-refractivity contribution in [2.45, 2.75) is 6.42 Å². The predicted molar refractivity (Wildman–Crippen MR) is 86.3 cm³/mol. The molecular formula is C15H24N4O3. The summed E-state index contributed by atoms with van der Waals surface area (Å²) in [7, 11) is 0. The molecule has 7 nitrogen and oxygen atoms in total. The lowest BCUT2D eigenvalue weighted by Crippen LogP contribution is -2.38. The Morgan fingerprint density at radius 3 is 2.73 bits per heavy atom. The Hall–Kier alpha value is -1.70. The fourth-order valence-corrected chi connectivity index (χ4v) is 2.45. The smallest absolute Gasteiger partial charge is 0.292 e. The van der Waals surface area contributed by atoms with Gasteiger partial charge in [-0.05, 0) is 25.6 Å². The third-order valence-electron chi connectivity index (χ3n) is 3.65. The number of nitrogens with one attached hydrogen (secondary N) is 2. The fourth-order valence-electron chi connectivity index (χ4n) is 2.45. The monoisotopic (exact) mass is 308 g/mol. The first-order valence-electron chi connectivity index (χ1n) is 7.75. The van der Waals surface area contributed by atoms with E-state index in [1.807, 2.05) is 0 Å². The zero-order valence-electron chi connectivity index (χ0n) is 12.8. The van der Waals surface area contributed by atoms with Gasteiger partial charge >= 0.3 is 0 Å². The summed E-state index contributed by atoms with van der Waals surface area (Å²) in [5.41, 5.74) is 0.692. The van der Waals surface area contributed by atoms with Crippen LogP contribution >= 0.6 is 0 Å². The van der Waals surface area contributed by atoms with E-state index in [2.05, 4.69) is 15.5 Å². The molecule has 0 spiro atoms. The molecule has 1 fully saturated rings. The number of ether oxygens (including phenoxy) is 1. The first kappa shape index (κ1) is 16.7. The minimum Gasteiger partial charge on any atom is -0.379 e. The molecule has 1 aliphatic rings. The number of hydrogen-bond acceptors (Lipinski definition) is 6. The quantitative estimate of drug-likeness (QED) is 0.407. The van der Waals surface area contributed by atoms with Crippen molar-refractivity contribution in [3.05, 3.63) is 34.4 Å². The number of rotatable bonds is 9. The molecule has 1 saturated heterocycles. The van der Waals surface area contributed by atoms with Crippen LogP contribution in [-0.2, 0) is 4.74 Å². The standard InChI is InChI=1S/C15H24N4O3/c20-19(21)15-5-2-1-4-14(15)17-8-7-16-6-3-9-18-10-12-22-13-11-18/h1-2,4-5,16-17H,3,6-13H2. The van der Waals surface area contributed by atoms with E-state index in [1.54, 1.807) is 18.2 Å². The van der Waals surface area contributed by atoms with Crippen molar-refractivity contribution in [2.24, 2.45) is 0 Å². The highest BCUT2D eigenvalue weighted by Gasteiger charge is 2.11. The van der Waals surface area contributed by atoms with Crippen molar-refractivity contribution < 1.29 is 9.66 Å². The second kappa shape index (κ2) is 9.34. The Kier molecular flexibility index (Phi) is 7.08. The van der Waals surface area contributed by atoms with Crippen LogP contribution in [0, 0.1) is 10.1 Å². The van der Waals surface area contributed by atoms with Gasteiger partial charge in [0.1, 0.15) is 5.69 Å². The van der Waals surface area contributed by atoms with Crippen molar-refractivity contribution >= 4 is 11.4 Å². The van der Waals surface area contributed by atoms with Gasteiger partial charge in [-0.15, -0.1) is 0 Å². The predicted octanol–water partition coefficient (Wildman–Crippen LogP) is 1.32. The second-order valence-corrected chi connectivity index (χ2v) is 5.26. The van der Waals surface area contributed by atoms with Crippen LogP contribution in [0.25, 0.3) is 0 Å². The number of para-hydroxylation sites is 2. The molecule has 7 heteroatoms. The van der Waals surface area contributed by atoms with Crippen LogP contribution in [0.1, 0.15) is 6.42 Å². The van der Waals surface area contributed by atoms with E-state index in [9.17, 15) is 10.1 Å². The summed E-state index contributed by atoms with van der Waals surface area (Å²) < 4.78 is 5.31. The van der Waals surface area contributed by atoms with Crippen molar-refractivity contribution in [2.75, 3.05) is 57.8 Å². The molecule has 1 aromatic carbocycles. The SMILES string of the molecule is O=[N+]([O-])c1ccccc1NCCNCCCN1CCOCC1. The number of morpholine rings is 1. The lowest BCUT2D eigenvalue weighted by molar-refractivity contribution is -0.384. The molecule has 2 N–H and O–H groups in total. The molecule has 1 heterocycles. The van der Waals surface area contributed by atoms with Crippen LogP contribution in [-0.4, -0.2) is 62.3 Å². The zero-order valence-corrected chi connectivity index (χ0v) is 12.8. The maximum atomic E-state index is 10.9. The van der Waals surface area contributed by atoms with Gasteiger partial charge in [0.2, 0.25) is 0 Å². The van der Waals surface area contributed by atoms with Crippen molar-refractivity contribution in [3.63, 3.8) is 0 Å². The van der Waals surface area contributed by atoms with E-state index in [4.69, 9.17) is 4.74 Å². The van der Waals surface area contributed by atoms with Gasteiger partial charge in [0.05, 0.1) is 18.1 Å². The minimum absolute atomic E-state index is 0.120. The number of hydrogen-bond donors (Lipinski definition) is 2. The van der Waals surface area contributed by atoms with Crippen molar-refractivity contribution in [1.82, 2.24) is 10.2 Å². The van der Waals surface area contributed by atoms with Crippen LogP contribution in [0.5, 0.6) is 0 Å². The molecule has 2 rings (SSSR count). The molecule has 0 aliphatic carbocycles. The fraction of sp³-hybridized carbons (Fsp3) is 0.600. The zero-order chi connectivity index (χ0) is 15.6. The summed E-state index contributed by atoms with van der Waals surface area (Å²) in [6, 6.07) is 6.72. The number of benzene rings is 1. The van der Waals surface area contributed by atoms with E-state index >= 15 is 0 Å². The van der Waals surface area contributed by atoms with Crippen molar-refractivity contribution in [1.29, 1.82) is 0 Å². The van der Waals surface area contributed by atoms with E-state index in [-0.39, 0.29) is 10.6 Å². The van der Waals surface area contributed by atoms with Crippen LogP contribution in [0.15, 0.2) is 24.3 Å². The van der Waals surface area contributed by atoms with Gasteiger partial charge in [0.25, 0.3) is 5.69 Å². The van der Waals surface area contributed by atoms with Gasteiger partial charge in [-0.3, -0.25) is 15.0 Å². The van der Waals surface area contributed by atoms with Gasteiger partial charge in [0, 0.05) is 32.2 Å². The van der Waals surface area contributed by atoms with Crippen LogP contribution in [0.2, 0.25) is 0 Å². The summed E-state index contributed by atoms with van der Waals surface area (Å²) in [5, 5.41) is 17.3.